The van der Waals surface area contributed by atoms with Gasteiger partial charge in [-0.3, -0.25) is 24.0 Å². The second-order valence-corrected chi connectivity index (χ2v) is 37.3. The fraction of sp³-hybridized carbons (Fsp3) is 0.939. The summed E-state index contributed by atoms with van der Waals surface area (Å²) in [4.78, 5) is 65.9. The van der Waals surface area contributed by atoms with Gasteiger partial charge in [-0.1, -0.05) is 0 Å². The molecule has 12 fully saturated rings. The molecule has 36 N–H and O–H groups in total. The Bertz CT molecular complexity index is 4090. The van der Waals surface area contributed by atoms with Gasteiger partial charge in [0.2, 0.25) is 29.5 Å². The van der Waals surface area contributed by atoms with E-state index in [1.807, 2.05) is 0 Å². The van der Waals surface area contributed by atoms with Crippen LogP contribution in [-0.4, -0.2) is 622 Å². The fourth-order valence-electron chi connectivity index (χ4n) is 19.1. The monoisotopic (exact) mass is 2140 g/mol. The quantitative estimate of drug-likeness (QED) is 0.0275. The molecule has 12 aliphatic heterocycles. The van der Waals surface area contributed by atoms with E-state index in [9.17, 15) is 182 Å². The number of aliphatic hydroxyl groups excluding tert-OH is 31. The molecular formula is C82H137N5O59. The number of hydrogen-bond donors (Lipinski definition) is 36. The topological polar surface area (TPSA) is 985 Å². The first kappa shape index (κ1) is 120. The summed E-state index contributed by atoms with van der Waals surface area (Å²) in [6.07, 6.45) is -120. The van der Waals surface area contributed by atoms with E-state index in [1.54, 1.807) is 0 Å². The normalized spacial score (nSPS) is 49.8. The van der Waals surface area contributed by atoms with Crippen molar-refractivity contribution in [2.24, 2.45) is 0 Å². The largest absolute Gasteiger partial charge is 0.394 e. The van der Waals surface area contributed by atoms with Gasteiger partial charge in [-0.2, -0.15) is 0 Å². The van der Waals surface area contributed by atoms with Crippen molar-refractivity contribution in [3.63, 3.8) is 0 Å². The van der Waals surface area contributed by atoms with E-state index < -0.39 is 464 Å². The lowest BCUT2D eigenvalue weighted by atomic mass is 9.93. The molecule has 12 rings (SSSR count). The third-order valence-corrected chi connectivity index (χ3v) is 27.0. The molecule has 5 amide bonds. The van der Waals surface area contributed by atoms with E-state index in [0.717, 1.165) is 34.6 Å². The van der Waals surface area contributed by atoms with Crippen molar-refractivity contribution in [2.45, 2.75) is 417 Å². The summed E-state index contributed by atoms with van der Waals surface area (Å²) in [5, 5.41) is 365. The lowest BCUT2D eigenvalue weighted by Gasteiger charge is -2.53. The minimum atomic E-state index is -2.81. The smallest absolute Gasteiger partial charge is 0.217 e. The molecule has 0 aliphatic carbocycles. The maximum absolute atomic E-state index is 14.1. The van der Waals surface area contributed by atoms with Crippen molar-refractivity contribution in [3.05, 3.63) is 0 Å². The standard InChI is InChI=1S/C82H137N5O59/c1-18-40(101)52(113)56(117)76(126-18)124-17-34-64(50(111)35(71(123)128-34)83-20(3)96)139-74-38(86-23(6)99)51(112)62(30(13-93)134-74)140-80-61(122)68(47(108)33(137-80)16-125-81-69(55(116)45(106)28(11-91)133-81)145-73-37(85-22(5)98)49(110)43(104)26(9-89)130-73)144-82-70(59(120)63(31(14-94)136-82)138-72-36(84-21(4)97)48(109)42(103)25(8-88)129-72)146-75-39(87-24(7)100)66(142-77-57(118)53(114)41(102)19(2)127-77)65(32(15-95)135-75)141-79-60(121)67(46(107)29(12-92)132-79)143-78-58(119)54(115)44(105)27(10-90)131-78/h18-19,25-82,88-95,101-123H,8-17H2,1-7H3,(H,83,96)(H,84,97)(H,85,98)(H,86,99)(H,87,100)/t18-,19-,25+,26+,27+,28+,29+,30+,31+,32+,33+,34+,35+,36+,37+,38+,39-,40+,41+,42+,43+,44-,45+,46-,47+,48+,49+,50+,51+,52+,53+,54-,55-,56-,57-,58+,59-,60+,61-,62+,63+,64+,65+,66+,67-,68-,69-,70-,71+,72-,73-,74-,75-,76+,77-,78+,79-,80-,81-,82+/m0/s1. The van der Waals surface area contributed by atoms with Crippen LogP contribution in [0.2, 0.25) is 0 Å². The molecule has 12 heterocycles. The van der Waals surface area contributed by atoms with E-state index in [-0.39, 0.29) is 0 Å². The van der Waals surface area contributed by atoms with Gasteiger partial charge < -0.3 is 294 Å². The zero-order valence-electron chi connectivity index (χ0n) is 79.0. The maximum Gasteiger partial charge on any atom is 0.217 e. The summed E-state index contributed by atoms with van der Waals surface area (Å²) in [6, 6.07) is -10.0. The van der Waals surface area contributed by atoms with Gasteiger partial charge in [0.15, 0.2) is 75.5 Å². The van der Waals surface area contributed by atoms with E-state index in [1.165, 1.54) is 13.8 Å². The molecule has 0 unspecified atom stereocenters. The Balaban J connectivity index is 0.956. The van der Waals surface area contributed by atoms with E-state index in [0.29, 0.717) is 0 Å². The van der Waals surface area contributed by atoms with Crippen molar-refractivity contribution >= 4 is 29.5 Å². The Morgan fingerprint density at radius 3 is 0.911 bits per heavy atom. The summed E-state index contributed by atoms with van der Waals surface area (Å²) in [7, 11) is 0. The third-order valence-electron chi connectivity index (χ3n) is 27.0. The summed E-state index contributed by atoms with van der Waals surface area (Å²) >= 11 is 0. The van der Waals surface area contributed by atoms with E-state index in [2.05, 4.69) is 26.6 Å². The molecular weight excluding hydrogens is 2000 g/mol. The summed E-state index contributed by atoms with van der Waals surface area (Å²) in [5.41, 5.74) is 0. The van der Waals surface area contributed by atoms with Gasteiger partial charge in [0.25, 0.3) is 0 Å². The highest BCUT2D eigenvalue weighted by atomic mass is 16.8. The van der Waals surface area contributed by atoms with Gasteiger partial charge in [-0.05, 0) is 13.8 Å². The molecule has 64 nitrogen and oxygen atoms in total. The van der Waals surface area contributed by atoms with Crippen molar-refractivity contribution in [3.8, 4) is 0 Å². The van der Waals surface area contributed by atoms with Gasteiger partial charge in [0, 0.05) is 34.6 Å². The molecule has 0 aromatic carbocycles. The van der Waals surface area contributed by atoms with Crippen LogP contribution in [-0.2, 0) is 133 Å². The molecule has 64 heteroatoms. The summed E-state index contributed by atoms with van der Waals surface area (Å²) < 4.78 is 140. The molecule has 146 heavy (non-hydrogen) atoms. The first-order valence-electron chi connectivity index (χ1n) is 46.9. The second kappa shape index (κ2) is 52.2. The summed E-state index contributed by atoms with van der Waals surface area (Å²) in [5.74, 6) is -4.97. The Morgan fingerprint density at radius 2 is 0.452 bits per heavy atom. The van der Waals surface area contributed by atoms with E-state index in [4.69, 9.17) is 109 Å². The average molecular weight is 2140 g/mol. The van der Waals surface area contributed by atoms with Crippen molar-refractivity contribution in [1.29, 1.82) is 0 Å². The molecule has 0 radical (unpaired) electrons. The molecule has 0 bridgehead atoms. The van der Waals surface area contributed by atoms with Crippen LogP contribution >= 0.6 is 0 Å². The first-order valence-corrected chi connectivity index (χ1v) is 46.9. The van der Waals surface area contributed by atoms with Crippen molar-refractivity contribution in [1.82, 2.24) is 26.6 Å². The number of hydrogen-bond acceptors (Lipinski definition) is 59. The number of ether oxygens (including phenoxy) is 23. The van der Waals surface area contributed by atoms with Crippen molar-refractivity contribution < 1.29 is 291 Å². The molecule has 0 aromatic heterocycles. The highest BCUT2D eigenvalue weighted by molar-refractivity contribution is 5.75. The van der Waals surface area contributed by atoms with Crippen LogP contribution in [0.5, 0.6) is 0 Å². The van der Waals surface area contributed by atoms with Crippen LogP contribution in [0.1, 0.15) is 48.5 Å². The highest BCUT2D eigenvalue weighted by Gasteiger charge is 2.64. The number of amides is 5. The molecule has 0 spiro atoms. The lowest BCUT2D eigenvalue weighted by molar-refractivity contribution is -0.411. The predicted octanol–water partition coefficient (Wildman–Crippen LogP) is -24.4. The van der Waals surface area contributed by atoms with E-state index >= 15 is 0 Å². The third kappa shape index (κ3) is 26.4. The van der Waals surface area contributed by atoms with Crippen LogP contribution in [0.3, 0.4) is 0 Å². The van der Waals surface area contributed by atoms with Crippen LogP contribution in [0.4, 0.5) is 0 Å². The molecule has 12 saturated heterocycles. The highest BCUT2D eigenvalue weighted by Crippen LogP contribution is 2.44. The van der Waals surface area contributed by atoms with Gasteiger partial charge in [-0.15, -0.1) is 0 Å². The number of carbonyl (C=O) groups is 5. The second-order valence-electron chi connectivity index (χ2n) is 37.3. The van der Waals surface area contributed by atoms with Gasteiger partial charge in [0.05, 0.1) is 78.3 Å². The minimum absolute atomic E-state index is 0.830. The number of rotatable bonds is 37. The zero-order chi connectivity index (χ0) is 107. The number of carbonyl (C=O) groups excluding carboxylic acids is 5. The Hall–Kier alpha value is -4.81. The van der Waals surface area contributed by atoms with Gasteiger partial charge >= 0.3 is 0 Å². The Kier molecular flexibility index (Phi) is 42.8. The van der Waals surface area contributed by atoms with Gasteiger partial charge in [0.1, 0.15) is 280 Å². The molecule has 844 valence electrons. The SMILES string of the molecule is CC(=O)N[C@@H]1[C@H](O[C@@H]2[C@@H](O[C@@H]3[C@H](O)[C@H](O[C@H]4[C@H](O)[C@@H](NC(C)=O)[C@H](O[C@H]5[C@H](O)[C@@H](NC(C)=O)[C@H](O)O[C@@H]5CO[C@@H]5O[C@@H](C)[C@@H](O)[C@@H](O)[C@@H]5O)O[C@@H]4CO)O[C@H](CO[C@H]4O[C@H](CO)[C@@H](O)[C@H](O)[C@@H]4O[C@@H]4O[C@H](CO)[C@@H](O)[C@H](O)[C@H]4NC(C)=O)[C@H]3O)O[C@H](CO)[C@@H](O[C@@H]3O[C@H](CO)[C@@H](O)[C@H](O)[C@H]3NC(C)=O)[C@@H]2O)O[C@H](CO)[C@@H](O[C@@H]2O[C@H](CO)[C@H](O)[C@H](O[C@H]3O[C@H](CO)[C@H](O)[C@H](O)[C@H]3O)[C@H]2O)[C@@H]1O[C@@H]1O[C@@H](C)[C@@H](O)[C@@H](O)[C@@H]1O. The minimum Gasteiger partial charge on any atom is -0.394 e. The van der Waals surface area contributed by atoms with Crippen LogP contribution in [0.15, 0.2) is 0 Å². The molecule has 60 atom stereocenters. The molecule has 0 aromatic rings. The Morgan fingerprint density at radius 1 is 0.192 bits per heavy atom. The Labute approximate surface area is 827 Å². The predicted molar refractivity (Wildman–Crippen MR) is 450 cm³/mol. The molecule has 12 aliphatic rings. The molecule has 0 saturated carbocycles. The van der Waals surface area contributed by atoms with Gasteiger partial charge in [-0.25, -0.2) is 0 Å². The summed E-state index contributed by atoms with van der Waals surface area (Å²) in [6.45, 7) is -5.02. The number of aliphatic hydroxyl groups is 31. The van der Waals surface area contributed by atoms with Crippen LogP contribution in [0.25, 0.3) is 0 Å². The van der Waals surface area contributed by atoms with Crippen molar-refractivity contribution in [2.75, 3.05) is 66.1 Å². The lowest BCUT2D eigenvalue weighted by Crippen LogP contribution is -2.72. The van der Waals surface area contributed by atoms with Crippen LogP contribution in [0, 0.1) is 0 Å². The zero-order valence-corrected chi connectivity index (χ0v) is 79.0. The maximum atomic E-state index is 14.1. The average Bonchev–Trinajstić information content (AvgIpc) is 0.749. The van der Waals surface area contributed by atoms with Crippen LogP contribution < -0.4 is 26.6 Å². The number of nitrogens with one attached hydrogen (secondary N) is 5. The fourth-order valence-corrected chi connectivity index (χ4v) is 19.1. The first-order chi connectivity index (χ1) is 69.0.